The fourth-order valence-electron chi connectivity index (χ4n) is 4.92. The Labute approximate surface area is 207 Å². The van der Waals surface area contributed by atoms with Crippen LogP contribution < -0.4 is 5.56 Å². The van der Waals surface area contributed by atoms with E-state index in [9.17, 15) is 9.59 Å². The minimum atomic E-state index is -0.0693. The van der Waals surface area contributed by atoms with Crippen molar-refractivity contribution in [2.45, 2.75) is 26.3 Å². The predicted octanol–water partition coefficient (Wildman–Crippen LogP) is 2.69. The number of benzene rings is 2. The Bertz CT molecular complexity index is 1650. The van der Waals surface area contributed by atoms with Gasteiger partial charge in [0, 0.05) is 36.7 Å². The van der Waals surface area contributed by atoms with Gasteiger partial charge in [0.2, 0.25) is 6.41 Å². The smallest absolute Gasteiger partial charge is 0.261 e. The zero-order chi connectivity index (χ0) is 24.8. The van der Waals surface area contributed by atoms with Gasteiger partial charge in [-0.3, -0.25) is 14.2 Å². The summed E-state index contributed by atoms with van der Waals surface area (Å²) in [6.45, 7) is 2.79. The van der Waals surface area contributed by atoms with Crippen LogP contribution in [-0.2, 0) is 31.2 Å². The summed E-state index contributed by atoms with van der Waals surface area (Å²) < 4.78 is 5.53. The molecule has 5 aromatic rings. The molecule has 1 aliphatic heterocycles. The molecule has 0 aliphatic carbocycles. The second kappa shape index (κ2) is 8.60. The van der Waals surface area contributed by atoms with Gasteiger partial charge in [-0.2, -0.15) is 5.10 Å². The normalized spacial score (nSPS) is 13.2. The van der Waals surface area contributed by atoms with Crippen molar-refractivity contribution in [1.29, 1.82) is 0 Å². The van der Waals surface area contributed by atoms with Gasteiger partial charge in [-0.1, -0.05) is 30.3 Å². The number of rotatable bonds is 5. The summed E-state index contributed by atoms with van der Waals surface area (Å²) >= 11 is 0. The van der Waals surface area contributed by atoms with Gasteiger partial charge in [-0.15, -0.1) is 10.2 Å². The highest BCUT2D eigenvalue weighted by molar-refractivity contribution is 5.62. The topological polar surface area (TPSA) is 90.3 Å². The van der Waals surface area contributed by atoms with E-state index in [-0.39, 0.29) is 5.56 Å². The van der Waals surface area contributed by atoms with Gasteiger partial charge < -0.3 is 9.47 Å². The van der Waals surface area contributed by atoms with Crippen LogP contribution in [0.25, 0.3) is 22.7 Å². The van der Waals surface area contributed by atoms with Gasteiger partial charge in [-0.25, -0.2) is 4.52 Å². The van der Waals surface area contributed by atoms with Gasteiger partial charge in [0.15, 0.2) is 5.82 Å². The van der Waals surface area contributed by atoms with E-state index in [4.69, 9.17) is 5.10 Å². The molecule has 3 aromatic heterocycles. The zero-order valence-corrected chi connectivity index (χ0v) is 20.1. The van der Waals surface area contributed by atoms with E-state index in [1.807, 2.05) is 71.7 Å². The van der Waals surface area contributed by atoms with E-state index in [0.717, 1.165) is 51.8 Å². The Morgan fingerprint density at radius 3 is 2.50 bits per heavy atom. The fraction of sp³-hybridized carbons (Fsp3) is 0.222. The van der Waals surface area contributed by atoms with Gasteiger partial charge in [0.05, 0.1) is 24.1 Å². The van der Waals surface area contributed by atoms with Crippen LogP contribution in [-0.4, -0.2) is 46.8 Å². The standard InChI is InChI=1S/C27H25N7O2/c1-18-29-30-25(31(18)2)20-8-10-22(11-9-20)33-26-21(14-19-6-4-3-5-7-19)15-28-34(26)24-16-32(17-35)13-12-23(24)27(33)36/h3-11,15,17H,12-14,16H2,1-2H3. The van der Waals surface area contributed by atoms with Gasteiger partial charge in [-0.05, 0) is 43.2 Å². The Morgan fingerprint density at radius 2 is 1.81 bits per heavy atom. The van der Waals surface area contributed by atoms with E-state index in [1.54, 1.807) is 9.47 Å². The molecule has 9 nitrogen and oxygen atoms in total. The van der Waals surface area contributed by atoms with Crippen molar-refractivity contribution >= 4 is 12.1 Å². The van der Waals surface area contributed by atoms with Gasteiger partial charge >= 0.3 is 0 Å². The largest absolute Gasteiger partial charge is 0.339 e. The van der Waals surface area contributed by atoms with Gasteiger partial charge in [0.25, 0.3) is 5.56 Å². The molecular weight excluding hydrogens is 454 g/mol. The molecule has 36 heavy (non-hydrogen) atoms. The van der Waals surface area contributed by atoms with Crippen molar-refractivity contribution in [3.8, 4) is 17.1 Å². The second-order valence-corrected chi connectivity index (χ2v) is 9.14. The number of hydrogen-bond acceptors (Lipinski definition) is 5. The van der Waals surface area contributed by atoms with Crippen molar-refractivity contribution in [3.05, 3.63) is 99.4 Å². The first-order valence-electron chi connectivity index (χ1n) is 11.9. The minimum absolute atomic E-state index is 0.0693. The quantitative estimate of drug-likeness (QED) is 0.362. The van der Waals surface area contributed by atoms with Crippen molar-refractivity contribution in [3.63, 3.8) is 0 Å². The molecule has 0 atom stereocenters. The molecule has 180 valence electrons. The molecule has 9 heteroatoms. The zero-order valence-electron chi connectivity index (χ0n) is 20.1. The summed E-state index contributed by atoms with van der Waals surface area (Å²) in [4.78, 5) is 27.1. The minimum Gasteiger partial charge on any atom is -0.339 e. The molecule has 1 aliphatic rings. The van der Waals surface area contributed by atoms with E-state index >= 15 is 0 Å². The van der Waals surface area contributed by atoms with Crippen molar-refractivity contribution < 1.29 is 4.79 Å². The number of nitrogens with zero attached hydrogens (tertiary/aromatic N) is 7. The molecule has 2 aromatic carbocycles. The summed E-state index contributed by atoms with van der Waals surface area (Å²) in [6, 6.07) is 17.9. The second-order valence-electron chi connectivity index (χ2n) is 9.14. The molecule has 6 rings (SSSR count). The molecule has 0 unspecified atom stereocenters. The molecule has 0 spiro atoms. The first-order chi connectivity index (χ1) is 17.5. The van der Waals surface area contributed by atoms with Gasteiger partial charge in [0.1, 0.15) is 11.5 Å². The van der Waals surface area contributed by atoms with Crippen molar-refractivity contribution in [2.24, 2.45) is 7.05 Å². The number of aromatic nitrogens is 6. The maximum absolute atomic E-state index is 13.9. The first-order valence-corrected chi connectivity index (χ1v) is 11.9. The average molecular weight is 480 g/mol. The van der Waals surface area contributed by atoms with Crippen molar-refractivity contribution in [1.82, 2.24) is 33.8 Å². The van der Waals surface area contributed by atoms with Crippen LogP contribution >= 0.6 is 0 Å². The summed E-state index contributed by atoms with van der Waals surface area (Å²) in [7, 11) is 1.93. The Morgan fingerprint density at radius 1 is 1.03 bits per heavy atom. The Hall–Kier alpha value is -4.53. The summed E-state index contributed by atoms with van der Waals surface area (Å²) in [5.74, 6) is 1.60. The molecule has 0 saturated heterocycles. The lowest BCUT2D eigenvalue weighted by Gasteiger charge is -2.26. The lowest BCUT2D eigenvalue weighted by atomic mass is 10.0. The van der Waals surface area contributed by atoms with Crippen molar-refractivity contribution in [2.75, 3.05) is 6.54 Å². The summed E-state index contributed by atoms with van der Waals surface area (Å²) in [5, 5.41) is 13.1. The number of carbonyl (C=O) groups is 1. The molecule has 0 saturated carbocycles. The highest BCUT2D eigenvalue weighted by Gasteiger charge is 2.26. The third-order valence-corrected chi connectivity index (χ3v) is 6.96. The molecule has 4 heterocycles. The van der Waals surface area contributed by atoms with E-state index in [0.29, 0.717) is 31.5 Å². The van der Waals surface area contributed by atoms with Crippen LogP contribution in [0.4, 0.5) is 0 Å². The average Bonchev–Trinajstić information content (AvgIpc) is 3.48. The highest BCUT2D eigenvalue weighted by atomic mass is 16.1. The monoisotopic (exact) mass is 479 g/mol. The molecule has 0 bridgehead atoms. The predicted molar refractivity (Wildman–Crippen MR) is 135 cm³/mol. The van der Waals surface area contributed by atoms with Crippen LogP contribution in [0.3, 0.4) is 0 Å². The number of fused-ring (bicyclic) bond motifs is 3. The number of carbonyl (C=O) groups excluding carboxylic acids is 1. The summed E-state index contributed by atoms with van der Waals surface area (Å²) in [5.41, 5.74) is 5.87. The maximum Gasteiger partial charge on any atom is 0.261 e. The lowest BCUT2D eigenvalue weighted by molar-refractivity contribution is -0.119. The maximum atomic E-state index is 13.9. The molecule has 0 N–H and O–H groups in total. The fourth-order valence-corrected chi connectivity index (χ4v) is 4.92. The third-order valence-electron chi connectivity index (χ3n) is 6.96. The van der Waals surface area contributed by atoms with Crippen LogP contribution in [0.1, 0.15) is 28.2 Å². The molecular formula is C27H25N7O2. The van der Waals surface area contributed by atoms with E-state index in [1.165, 1.54) is 0 Å². The number of aryl methyl sites for hydroxylation is 1. The Kier molecular flexibility index (Phi) is 5.25. The Balaban J connectivity index is 1.55. The highest BCUT2D eigenvalue weighted by Crippen LogP contribution is 2.25. The lowest BCUT2D eigenvalue weighted by Crippen LogP contribution is -2.37. The number of hydrogen-bond donors (Lipinski definition) is 0. The van der Waals surface area contributed by atoms with Crippen LogP contribution in [0.5, 0.6) is 0 Å². The summed E-state index contributed by atoms with van der Waals surface area (Å²) in [6.07, 6.45) is 3.79. The van der Waals surface area contributed by atoms with Crippen LogP contribution in [0.15, 0.2) is 65.6 Å². The first kappa shape index (κ1) is 22.0. The molecule has 1 amide bonds. The van der Waals surface area contributed by atoms with E-state index in [2.05, 4.69) is 22.3 Å². The molecule has 0 fully saturated rings. The molecule has 0 radical (unpaired) electrons. The van der Waals surface area contributed by atoms with E-state index < -0.39 is 0 Å². The SMILES string of the molecule is Cc1nnc(-c2ccc(-n3c(=O)c4c(n5ncc(Cc6ccccc6)c35)CN(C=O)CC4)cc2)n1C. The third kappa shape index (κ3) is 3.51. The van der Waals surface area contributed by atoms with Crippen LogP contribution in [0.2, 0.25) is 0 Å². The number of amides is 1. The van der Waals surface area contributed by atoms with Crippen LogP contribution in [0, 0.1) is 6.92 Å².